The molecule has 0 saturated carbocycles. The van der Waals surface area contributed by atoms with Gasteiger partial charge in [-0.15, -0.1) is 0 Å². The monoisotopic (exact) mass is 364 g/mol. The summed E-state index contributed by atoms with van der Waals surface area (Å²) in [5.41, 5.74) is 4.39. The van der Waals surface area contributed by atoms with Crippen LogP contribution in [0.5, 0.6) is 5.75 Å². The second-order valence-electron chi connectivity index (χ2n) is 8.71. The van der Waals surface area contributed by atoms with E-state index in [1.165, 1.54) is 30.4 Å². The molecule has 142 valence electrons. The van der Waals surface area contributed by atoms with Crippen molar-refractivity contribution < 1.29 is 14.0 Å². The standard InChI is InChI=1S/C23H29BO3/c1-22(2)23(3,4)27-24(26-22)21-12-8-7-11-19(21)16-25-20-14-13-17-9-5-6-10-18(17)15-20/h7-8,11-15H,5-6,9-10,16H2,1-4H3. The first-order valence-corrected chi connectivity index (χ1v) is 10.0. The van der Waals surface area contributed by atoms with Crippen molar-refractivity contribution in [2.45, 2.75) is 71.2 Å². The summed E-state index contributed by atoms with van der Waals surface area (Å²) in [6.45, 7) is 8.84. The van der Waals surface area contributed by atoms with E-state index in [1.54, 1.807) is 0 Å². The first kappa shape index (κ1) is 18.6. The molecule has 0 bridgehead atoms. The van der Waals surface area contributed by atoms with Crippen molar-refractivity contribution in [3.05, 3.63) is 59.2 Å². The van der Waals surface area contributed by atoms with E-state index in [0.717, 1.165) is 23.2 Å². The van der Waals surface area contributed by atoms with Crippen LogP contribution in [0, 0.1) is 0 Å². The molecule has 4 heteroatoms. The highest BCUT2D eigenvalue weighted by atomic mass is 16.7. The molecular formula is C23H29BO3. The fourth-order valence-electron chi connectivity index (χ4n) is 3.83. The Hall–Kier alpha value is -1.78. The summed E-state index contributed by atoms with van der Waals surface area (Å²) in [6, 6.07) is 14.8. The SMILES string of the molecule is CC1(C)OB(c2ccccc2COc2ccc3c(c2)CCCC3)OC1(C)C. The fourth-order valence-corrected chi connectivity index (χ4v) is 3.83. The van der Waals surface area contributed by atoms with Gasteiger partial charge in [-0.2, -0.15) is 0 Å². The zero-order chi connectivity index (χ0) is 19.1. The van der Waals surface area contributed by atoms with Gasteiger partial charge >= 0.3 is 7.12 Å². The number of aryl methyl sites for hydroxylation is 2. The molecule has 1 aliphatic carbocycles. The highest BCUT2D eigenvalue weighted by molar-refractivity contribution is 6.62. The van der Waals surface area contributed by atoms with Gasteiger partial charge in [-0.3, -0.25) is 0 Å². The van der Waals surface area contributed by atoms with Crippen LogP contribution >= 0.6 is 0 Å². The Balaban J connectivity index is 1.51. The molecule has 0 atom stereocenters. The van der Waals surface area contributed by atoms with Crippen molar-refractivity contribution in [2.75, 3.05) is 0 Å². The van der Waals surface area contributed by atoms with Gasteiger partial charge in [0.2, 0.25) is 0 Å². The number of ether oxygens (including phenoxy) is 1. The van der Waals surface area contributed by atoms with Crippen molar-refractivity contribution in [2.24, 2.45) is 0 Å². The maximum absolute atomic E-state index is 6.24. The summed E-state index contributed by atoms with van der Waals surface area (Å²) in [4.78, 5) is 0. The Bertz CT molecular complexity index is 812. The van der Waals surface area contributed by atoms with Crippen LogP contribution in [0.25, 0.3) is 0 Å². The summed E-state index contributed by atoms with van der Waals surface area (Å²) in [7, 11) is -0.363. The highest BCUT2D eigenvalue weighted by Gasteiger charge is 2.52. The maximum Gasteiger partial charge on any atom is 0.495 e. The summed E-state index contributed by atoms with van der Waals surface area (Å²) < 4.78 is 18.6. The van der Waals surface area contributed by atoms with Gasteiger partial charge in [0.15, 0.2) is 0 Å². The molecule has 4 rings (SSSR count). The second kappa shape index (κ2) is 6.99. The fraction of sp³-hybridized carbons (Fsp3) is 0.478. The van der Waals surface area contributed by atoms with Crippen LogP contribution in [-0.4, -0.2) is 18.3 Å². The van der Waals surface area contributed by atoms with Crippen LogP contribution in [0.3, 0.4) is 0 Å². The molecule has 2 aromatic carbocycles. The van der Waals surface area contributed by atoms with Crippen LogP contribution in [0.15, 0.2) is 42.5 Å². The largest absolute Gasteiger partial charge is 0.495 e. The van der Waals surface area contributed by atoms with Crippen molar-refractivity contribution in [3.8, 4) is 5.75 Å². The number of benzene rings is 2. The quantitative estimate of drug-likeness (QED) is 0.751. The minimum Gasteiger partial charge on any atom is -0.489 e. The van der Waals surface area contributed by atoms with Crippen LogP contribution in [0.2, 0.25) is 0 Å². The van der Waals surface area contributed by atoms with E-state index in [1.807, 2.05) is 12.1 Å². The number of fused-ring (bicyclic) bond motifs is 1. The van der Waals surface area contributed by atoms with E-state index in [-0.39, 0.29) is 18.3 Å². The number of hydrogen-bond donors (Lipinski definition) is 0. The molecule has 0 spiro atoms. The molecule has 0 unspecified atom stereocenters. The average molecular weight is 364 g/mol. The molecule has 27 heavy (non-hydrogen) atoms. The van der Waals surface area contributed by atoms with Crippen LogP contribution in [-0.2, 0) is 28.8 Å². The predicted octanol–water partition coefficient (Wildman–Crippen LogP) is 4.44. The lowest BCUT2D eigenvalue weighted by molar-refractivity contribution is 0.00578. The average Bonchev–Trinajstić information content (AvgIpc) is 2.87. The number of hydrogen-bond acceptors (Lipinski definition) is 3. The minimum atomic E-state index is -0.363. The molecule has 1 saturated heterocycles. The van der Waals surface area contributed by atoms with Crippen LogP contribution in [0.4, 0.5) is 0 Å². The Morgan fingerprint density at radius 3 is 2.30 bits per heavy atom. The van der Waals surface area contributed by atoms with Gasteiger partial charge in [-0.25, -0.2) is 0 Å². The highest BCUT2D eigenvalue weighted by Crippen LogP contribution is 2.36. The van der Waals surface area contributed by atoms with Gasteiger partial charge in [-0.05, 0) is 87.7 Å². The first-order valence-electron chi connectivity index (χ1n) is 10.0. The molecule has 0 radical (unpaired) electrons. The lowest BCUT2D eigenvalue weighted by Crippen LogP contribution is -2.41. The lowest BCUT2D eigenvalue weighted by atomic mass is 9.76. The van der Waals surface area contributed by atoms with Crippen LogP contribution in [0.1, 0.15) is 57.2 Å². The van der Waals surface area contributed by atoms with E-state index in [4.69, 9.17) is 14.0 Å². The van der Waals surface area contributed by atoms with E-state index in [2.05, 4.69) is 58.0 Å². The van der Waals surface area contributed by atoms with Crippen molar-refractivity contribution in [1.29, 1.82) is 0 Å². The summed E-state index contributed by atoms with van der Waals surface area (Å²) in [6.07, 6.45) is 4.94. The predicted molar refractivity (Wildman–Crippen MR) is 110 cm³/mol. The van der Waals surface area contributed by atoms with E-state index < -0.39 is 0 Å². The van der Waals surface area contributed by atoms with Crippen molar-refractivity contribution >= 4 is 12.6 Å². The Kier molecular flexibility index (Phi) is 4.81. The molecule has 1 heterocycles. The Morgan fingerprint density at radius 2 is 1.56 bits per heavy atom. The molecule has 1 fully saturated rings. The molecule has 0 amide bonds. The zero-order valence-corrected chi connectivity index (χ0v) is 16.9. The third-order valence-corrected chi connectivity index (χ3v) is 6.28. The molecule has 0 N–H and O–H groups in total. The topological polar surface area (TPSA) is 27.7 Å². The maximum atomic E-state index is 6.24. The molecule has 2 aliphatic rings. The molecule has 2 aromatic rings. The molecule has 0 aromatic heterocycles. The van der Waals surface area contributed by atoms with E-state index in [9.17, 15) is 0 Å². The van der Waals surface area contributed by atoms with Crippen molar-refractivity contribution in [1.82, 2.24) is 0 Å². The summed E-state index contributed by atoms with van der Waals surface area (Å²) >= 11 is 0. The first-order chi connectivity index (χ1) is 12.9. The van der Waals surface area contributed by atoms with Gasteiger partial charge in [0.1, 0.15) is 12.4 Å². The minimum absolute atomic E-state index is 0.343. The van der Waals surface area contributed by atoms with Crippen LogP contribution < -0.4 is 10.2 Å². The normalized spacial score (nSPS) is 20.4. The van der Waals surface area contributed by atoms with Crippen molar-refractivity contribution in [3.63, 3.8) is 0 Å². The van der Waals surface area contributed by atoms with Gasteiger partial charge in [0, 0.05) is 0 Å². The summed E-state index contributed by atoms with van der Waals surface area (Å²) in [5.74, 6) is 0.944. The second-order valence-corrected chi connectivity index (χ2v) is 8.71. The Morgan fingerprint density at radius 1 is 0.889 bits per heavy atom. The van der Waals surface area contributed by atoms with Gasteiger partial charge in [0.05, 0.1) is 11.2 Å². The van der Waals surface area contributed by atoms with Gasteiger partial charge in [0.25, 0.3) is 0 Å². The lowest BCUT2D eigenvalue weighted by Gasteiger charge is -2.32. The summed E-state index contributed by atoms with van der Waals surface area (Å²) in [5, 5.41) is 0. The molecule has 3 nitrogen and oxygen atoms in total. The third-order valence-electron chi connectivity index (χ3n) is 6.28. The smallest absolute Gasteiger partial charge is 0.489 e. The van der Waals surface area contributed by atoms with Gasteiger partial charge < -0.3 is 14.0 Å². The molecular weight excluding hydrogens is 335 g/mol. The Labute approximate surface area is 163 Å². The zero-order valence-electron chi connectivity index (χ0n) is 16.9. The molecule has 1 aliphatic heterocycles. The van der Waals surface area contributed by atoms with Gasteiger partial charge in [-0.1, -0.05) is 30.3 Å². The number of rotatable bonds is 4. The van der Waals surface area contributed by atoms with E-state index >= 15 is 0 Å². The third kappa shape index (κ3) is 3.65. The van der Waals surface area contributed by atoms with E-state index in [0.29, 0.717) is 6.61 Å².